The molecule has 25 heavy (non-hydrogen) atoms. The van der Waals surface area contributed by atoms with Gasteiger partial charge in [-0.1, -0.05) is 54.6 Å². The Morgan fingerprint density at radius 1 is 1.04 bits per heavy atom. The summed E-state index contributed by atoms with van der Waals surface area (Å²) in [5, 5.41) is 7.82. The van der Waals surface area contributed by atoms with Gasteiger partial charge in [0.15, 0.2) is 0 Å². The zero-order chi connectivity index (χ0) is 18.1. The van der Waals surface area contributed by atoms with E-state index in [1.807, 2.05) is 62.4 Å². The molecule has 0 bridgehead atoms. The SMILES string of the molecule is C/C(=N/NC(=O)C1(C)NC(C)(C)Cc2ccccc21)c1ccccc1. The predicted molar refractivity (Wildman–Crippen MR) is 102 cm³/mol. The van der Waals surface area contributed by atoms with E-state index in [0.29, 0.717) is 0 Å². The molecule has 0 saturated carbocycles. The number of carbonyl (C=O) groups excluding carboxylic acids is 1. The molecule has 1 aliphatic rings. The Labute approximate surface area is 149 Å². The largest absolute Gasteiger partial charge is 0.294 e. The Balaban J connectivity index is 1.88. The minimum atomic E-state index is -0.821. The summed E-state index contributed by atoms with van der Waals surface area (Å²) < 4.78 is 0. The molecule has 1 amide bonds. The fourth-order valence-corrected chi connectivity index (χ4v) is 3.60. The molecule has 4 heteroatoms. The van der Waals surface area contributed by atoms with Gasteiger partial charge in [-0.05, 0) is 50.8 Å². The molecular weight excluding hydrogens is 310 g/mol. The number of rotatable bonds is 3. The summed E-state index contributed by atoms with van der Waals surface area (Å²) in [7, 11) is 0. The molecule has 1 atom stereocenters. The van der Waals surface area contributed by atoms with Crippen molar-refractivity contribution in [3.8, 4) is 0 Å². The molecular formula is C21H25N3O. The van der Waals surface area contributed by atoms with Crippen LogP contribution in [0.5, 0.6) is 0 Å². The second-order valence-electron chi connectivity index (χ2n) is 7.47. The third kappa shape index (κ3) is 3.49. The normalized spacial score (nSPS) is 22.2. The van der Waals surface area contributed by atoms with Crippen molar-refractivity contribution in [2.45, 2.75) is 45.2 Å². The van der Waals surface area contributed by atoms with Crippen molar-refractivity contribution in [1.29, 1.82) is 0 Å². The Morgan fingerprint density at radius 3 is 2.40 bits per heavy atom. The minimum absolute atomic E-state index is 0.150. The summed E-state index contributed by atoms with van der Waals surface area (Å²) >= 11 is 0. The van der Waals surface area contributed by atoms with E-state index in [0.717, 1.165) is 23.3 Å². The molecule has 2 aromatic carbocycles. The molecule has 130 valence electrons. The lowest BCUT2D eigenvalue weighted by Crippen LogP contribution is -2.62. The Morgan fingerprint density at radius 2 is 1.68 bits per heavy atom. The zero-order valence-corrected chi connectivity index (χ0v) is 15.3. The summed E-state index contributed by atoms with van der Waals surface area (Å²) in [6, 6.07) is 17.9. The monoisotopic (exact) mass is 335 g/mol. The van der Waals surface area contributed by atoms with Crippen LogP contribution in [0.2, 0.25) is 0 Å². The van der Waals surface area contributed by atoms with Gasteiger partial charge in [0.25, 0.3) is 5.91 Å². The Bertz CT molecular complexity index is 811. The van der Waals surface area contributed by atoms with Crippen LogP contribution in [0, 0.1) is 0 Å². The number of carbonyl (C=O) groups is 1. The molecule has 0 aromatic heterocycles. The summed E-state index contributed by atoms with van der Waals surface area (Å²) in [6.45, 7) is 8.06. The molecule has 1 unspecified atom stereocenters. The fraction of sp³-hybridized carbons (Fsp3) is 0.333. The first kappa shape index (κ1) is 17.4. The fourth-order valence-electron chi connectivity index (χ4n) is 3.60. The van der Waals surface area contributed by atoms with Gasteiger partial charge in [-0.15, -0.1) is 0 Å². The van der Waals surface area contributed by atoms with Crippen LogP contribution in [0.1, 0.15) is 44.4 Å². The first-order chi connectivity index (χ1) is 11.8. The molecule has 0 spiro atoms. The number of nitrogens with zero attached hydrogens (tertiary/aromatic N) is 1. The molecule has 0 aliphatic carbocycles. The molecule has 2 aromatic rings. The first-order valence-corrected chi connectivity index (χ1v) is 8.60. The Hall–Kier alpha value is -2.46. The third-order valence-corrected chi connectivity index (χ3v) is 4.75. The van der Waals surface area contributed by atoms with E-state index in [4.69, 9.17) is 0 Å². The maximum Gasteiger partial charge on any atom is 0.264 e. The summed E-state index contributed by atoms with van der Waals surface area (Å²) in [5.74, 6) is -0.150. The lowest BCUT2D eigenvalue weighted by Gasteiger charge is -2.44. The minimum Gasteiger partial charge on any atom is -0.294 e. The number of fused-ring (bicyclic) bond motifs is 1. The van der Waals surface area contributed by atoms with Gasteiger partial charge in [-0.25, -0.2) is 5.43 Å². The van der Waals surface area contributed by atoms with Crippen molar-refractivity contribution >= 4 is 11.6 Å². The number of nitrogens with one attached hydrogen (secondary N) is 2. The molecule has 1 aliphatic heterocycles. The Kier molecular flexibility index (Phi) is 4.48. The lowest BCUT2D eigenvalue weighted by molar-refractivity contribution is -0.128. The molecule has 3 rings (SSSR count). The second kappa shape index (κ2) is 6.45. The number of hydrogen-bond donors (Lipinski definition) is 2. The number of hydrazone groups is 1. The number of hydrogen-bond acceptors (Lipinski definition) is 3. The summed E-state index contributed by atoms with van der Waals surface area (Å²) in [6.07, 6.45) is 0.887. The van der Waals surface area contributed by atoms with E-state index in [9.17, 15) is 4.79 Å². The van der Waals surface area contributed by atoms with Crippen LogP contribution in [0.25, 0.3) is 0 Å². The standard InChI is InChI=1S/C21H25N3O/c1-15(16-10-6-5-7-11-16)22-23-19(25)21(4)18-13-9-8-12-17(18)14-20(2,3)24-21/h5-13,24H,14H2,1-4H3,(H,23,25)/b22-15-. The van der Waals surface area contributed by atoms with Gasteiger partial charge in [-0.3, -0.25) is 10.1 Å². The van der Waals surface area contributed by atoms with E-state index in [1.54, 1.807) is 0 Å². The number of benzene rings is 2. The molecule has 0 radical (unpaired) electrons. The van der Waals surface area contributed by atoms with Crippen LogP contribution in [0.15, 0.2) is 59.7 Å². The lowest BCUT2D eigenvalue weighted by atomic mass is 9.76. The second-order valence-corrected chi connectivity index (χ2v) is 7.47. The van der Waals surface area contributed by atoms with Gasteiger partial charge in [0, 0.05) is 5.54 Å². The van der Waals surface area contributed by atoms with E-state index < -0.39 is 5.54 Å². The van der Waals surface area contributed by atoms with Crippen molar-refractivity contribution in [2.24, 2.45) is 5.10 Å². The van der Waals surface area contributed by atoms with Crippen LogP contribution in [-0.4, -0.2) is 17.2 Å². The molecule has 0 fully saturated rings. The van der Waals surface area contributed by atoms with Gasteiger partial charge in [0.1, 0.15) is 5.54 Å². The average molecular weight is 335 g/mol. The highest BCUT2D eigenvalue weighted by Crippen LogP contribution is 2.34. The average Bonchev–Trinajstić information content (AvgIpc) is 2.59. The van der Waals surface area contributed by atoms with Crippen LogP contribution in [0.4, 0.5) is 0 Å². The maximum atomic E-state index is 13.0. The highest BCUT2D eigenvalue weighted by atomic mass is 16.2. The molecule has 2 N–H and O–H groups in total. The van der Waals surface area contributed by atoms with Crippen LogP contribution in [-0.2, 0) is 16.8 Å². The van der Waals surface area contributed by atoms with E-state index in [1.165, 1.54) is 5.56 Å². The number of amides is 1. The molecule has 1 heterocycles. The van der Waals surface area contributed by atoms with Crippen molar-refractivity contribution in [1.82, 2.24) is 10.7 Å². The topological polar surface area (TPSA) is 53.5 Å². The van der Waals surface area contributed by atoms with Gasteiger partial charge in [-0.2, -0.15) is 5.10 Å². The van der Waals surface area contributed by atoms with Gasteiger partial charge in [0.2, 0.25) is 0 Å². The first-order valence-electron chi connectivity index (χ1n) is 8.60. The van der Waals surface area contributed by atoms with Crippen molar-refractivity contribution < 1.29 is 4.79 Å². The van der Waals surface area contributed by atoms with Gasteiger partial charge >= 0.3 is 0 Å². The highest BCUT2D eigenvalue weighted by molar-refractivity contribution is 5.99. The van der Waals surface area contributed by atoms with Crippen molar-refractivity contribution in [3.63, 3.8) is 0 Å². The summed E-state index contributed by atoms with van der Waals surface area (Å²) in [4.78, 5) is 13.0. The maximum absolute atomic E-state index is 13.0. The summed E-state index contributed by atoms with van der Waals surface area (Å²) in [5.41, 5.74) is 5.75. The quantitative estimate of drug-likeness (QED) is 0.667. The van der Waals surface area contributed by atoms with E-state index >= 15 is 0 Å². The molecule has 0 saturated heterocycles. The van der Waals surface area contributed by atoms with Gasteiger partial charge < -0.3 is 0 Å². The van der Waals surface area contributed by atoms with E-state index in [-0.39, 0.29) is 11.4 Å². The third-order valence-electron chi connectivity index (χ3n) is 4.75. The van der Waals surface area contributed by atoms with Crippen molar-refractivity contribution in [3.05, 3.63) is 71.3 Å². The van der Waals surface area contributed by atoms with Gasteiger partial charge in [0.05, 0.1) is 5.71 Å². The smallest absolute Gasteiger partial charge is 0.264 e. The van der Waals surface area contributed by atoms with Crippen molar-refractivity contribution in [2.75, 3.05) is 0 Å². The van der Waals surface area contributed by atoms with Crippen LogP contribution in [0.3, 0.4) is 0 Å². The van der Waals surface area contributed by atoms with Crippen LogP contribution < -0.4 is 10.7 Å². The highest BCUT2D eigenvalue weighted by Gasteiger charge is 2.44. The van der Waals surface area contributed by atoms with E-state index in [2.05, 4.69) is 35.8 Å². The molecule has 4 nitrogen and oxygen atoms in total. The zero-order valence-electron chi connectivity index (χ0n) is 15.3. The van der Waals surface area contributed by atoms with Crippen LogP contribution >= 0.6 is 0 Å². The predicted octanol–water partition coefficient (Wildman–Crippen LogP) is 3.37.